The van der Waals surface area contributed by atoms with Crippen molar-refractivity contribution < 1.29 is 9.53 Å². The number of ether oxygens (including phenoxy) is 1. The maximum Gasteiger partial charge on any atom is 0.220 e. The third-order valence-electron chi connectivity index (χ3n) is 3.87. The molecule has 1 heterocycles. The largest absolute Gasteiger partial charge is 0.496 e. The van der Waals surface area contributed by atoms with Crippen molar-refractivity contribution in [3.8, 4) is 5.75 Å². The minimum Gasteiger partial charge on any atom is -0.496 e. The van der Waals surface area contributed by atoms with E-state index in [0.29, 0.717) is 12.5 Å². The number of piperidine rings is 1. The van der Waals surface area contributed by atoms with E-state index in [0.717, 1.165) is 37.2 Å². The van der Waals surface area contributed by atoms with E-state index < -0.39 is 0 Å². The molecule has 1 unspecified atom stereocenters. The molecule has 0 saturated carbocycles. The van der Waals surface area contributed by atoms with Crippen LogP contribution in [0.2, 0.25) is 0 Å². The standard InChI is InChI=1S/C16H24N2O2/c1-12(14-5-3-4-6-15(14)20-2)11-16(19)18-13-7-9-17-10-8-13/h3-6,12-13,17H,7-11H2,1-2H3,(H,18,19). The third kappa shape index (κ3) is 3.97. The lowest BCUT2D eigenvalue weighted by Crippen LogP contribution is -2.42. The van der Waals surface area contributed by atoms with E-state index in [4.69, 9.17) is 4.74 Å². The van der Waals surface area contributed by atoms with Gasteiger partial charge in [-0.15, -0.1) is 0 Å². The number of nitrogens with one attached hydrogen (secondary N) is 2. The van der Waals surface area contributed by atoms with Crippen molar-refractivity contribution in [3.63, 3.8) is 0 Å². The fraction of sp³-hybridized carbons (Fsp3) is 0.562. The SMILES string of the molecule is COc1ccccc1C(C)CC(=O)NC1CCNCC1. The molecule has 110 valence electrons. The summed E-state index contributed by atoms with van der Waals surface area (Å²) >= 11 is 0. The molecule has 2 N–H and O–H groups in total. The van der Waals surface area contributed by atoms with Crippen LogP contribution >= 0.6 is 0 Å². The molecule has 1 fully saturated rings. The molecule has 20 heavy (non-hydrogen) atoms. The number of amides is 1. The summed E-state index contributed by atoms with van der Waals surface area (Å²) in [7, 11) is 1.67. The normalized spacial score (nSPS) is 17.5. The van der Waals surface area contributed by atoms with E-state index in [2.05, 4.69) is 17.6 Å². The van der Waals surface area contributed by atoms with Crippen molar-refractivity contribution in [2.24, 2.45) is 0 Å². The molecule has 1 aromatic carbocycles. The molecule has 1 amide bonds. The molecule has 0 aromatic heterocycles. The van der Waals surface area contributed by atoms with Gasteiger partial charge in [-0.1, -0.05) is 25.1 Å². The Bertz CT molecular complexity index is 442. The van der Waals surface area contributed by atoms with Crippen molar-refractivity contribution in [2.45, 2.75) is 38.1 Å². The van der Waals surface area contributed by atoms with Gasteiger partial charge in [0.05, 0.1) is 7.11 Å². The number of hydrogen-bond acceptors (Lipinski definition) is 3. The summed E-state index contributed by atoms with van der Waals surface area (Å²) in [6, 6.07) is 8.23. The van der Waals surface area contributed by atoms with E-state index in [1.165, 1.54) is 0 Å². The zero-order valence-corrected chi connectivity index (χ0v) is 12.3. The Balaban J connectivity index is 1.89. The molecular formula is C16H24N2O2. The summed E-state index contributed by atoms with van der Waals surface area (Å²) in [5, 5.41) is 6.44. The van der Waals surface area contributed by atoms with E-state index in [9.17, 15) is 4.79 Å². The predicted octanol–water partition coefficient (Wildman–Crippen LogP) is 2.06. The molecule has 0 aliphatic carbocycles. The zero-order valence-electron chi connectivity index (χ0n) is 12.3. The highest BCUT2D eigenvalue weighted by Gasteiger charge is 2.19. The Hall–Kier alpha value is -1.55. The molecule has 1 aromatic rings. The molecule has 0 spiro atoms. The minimum absolute atomic E-state index is 0.135. The monoisotopic (exact) mass is 276 g/mol. The van der Waals surface area contributed by atoms with Gasteiger partial charge in [-0.05, 0) is 43.5 Å². The highest BCUT2D eigenvalue weighted by molar-refractivity contribution is 5.77. The van der Waals surface area contributed by atoms with Crippen molar-refractivity contribution >= 4 is 5.91 Å². The number of para-hydroxylation sites is 1. The Kier molecular flexibility index (Phi) is 5.41. The molecule has 1 atom stereocenters. The van der Waals surface area contributed by atoms with Gasteiger partial charge in [0, 0.05) is 12.5 Å². The molecule has 2 rings (SSSR count). The van der Waals surface area contributed by atoms with Crippen LogP contribution in [0.4, 0.5) is 0 Å². The summed E-state index contributed by atoms with van der Waals surface area (Å²) in [6.07, 6.45) is 2.55. The number of methoxy groups -OCH3 is 1. The first-order valence-corrected chi connectivity index (χ1v) is 7.33. The van der Waals surface area contributed by atoms with Crippen molar-refractivity contribution in [1.82, 2.24) is 10.6 Å². The van der Waals surface area contributed by atoms with Crippen LogP contribution in [-0.4, -0.2) is 32.1 Å². The number of carbonyl (C=O) groups is 1. The Morgan fingerprint density at radius 1 is 1.40 bits per heavy atom. The Labute approximate surface area is 120 Å². The lowest BCUT2D eigenvalue weighted by Gasteiger charge is -2.24. The van der Waals surface area contributed by atoms with Gasteiger partial charge in [-0.25, -0.2) is 0 Å². The van der Waals surface area contributed by atoms with E-state index in [1.807, 2.05) is 24.3 Å². The molecule has 4 heteroatoms. The smallest absolute Gasteiger partial charge is 0.220 e. The second-order valence-electron chi connectivity index (χ2n) is 5.44. The van der Waals surface area contributed by atoms with Crippen LogP contribution in [0.15, 0.2) is 24.3 Å². The number of benzene rings is 1. The van der Waals surface area contributed by atoms with Crippen LogP contribution in [0.25, 0.3) is 0 Å². The number of rotatable bonds is 5. The van der Waals surface area contributed by atoms with Crippen LogP contribution in [0.5, 0.6) is 5.75 Å². The van der Waals surface area contributed by atoms with Gasteiger partial charge in [0.1, 0.15) is 5.75 Å². The maximum absolute atomic E-state index is 12.1. The van der Waals surface area contributed by atoms with Gasteiger partial charge in [0.2, 0.25) is 5.91 Å². The second-order valence-corrected chi connectivity index (χ2v) is 5.44. The van der Waals surface area contributed by atoms with Crippen LogP contribution in [0.1, 0.15) is 37.7 Å². The topological polar surface area (TPSA) is 50.4 Å². The maximum atomic E-state index is 12.1. The van der Waals surface area contributed by atoms with E-state index >= 15 is 0 Å². The first kappa shape index (κ1) is 14.9. The summed E-state index contributed by atoms with van der Waals surface area (Å²) < 4.78 is 5.36. The first-order valence-electron chi connectivity index (χ1n) is 7.33. The Morgan fingerprint density at radius 2 is 2.10 bits per heavy atom. The molecule has 1 saturated heterocycles. The quantitative estimate of drug-likeness (QED) is 0.865. The van der Waals surface area contributed by atoms with Gasteiger partial charge in [0.15, 0.2) is 0 Å². The fourth-order valence-electron chi connectivity index (χ4n) is 2.71. The van der Waals surface area contributed by atoms with Gasteiger partial charge in [-0.2, -0.15) is 0 Å². The second kappa shape index (κ2) is 7.29. The molecular weight excluding hydrogens is 252 g/mol. The Morgan fingerprint density at radius 3 is 2.80 bits per heavy atom. The molecule has 4 nitrogen and oxygen atoms in total. The highest BCUT2D eigenvalue weighted by Crippen LogP contribution is 2.28. The van der Waals surface area contributed by atoms with E-state index in [-0.39, 0.29) is 11.8 Å². The average Bonchev–Trinajstić information content (AvgIpc) is 2.48. The van der Waals surface area contributed by atoms with Crippen LogP contribution < -0.4 is 15.4 Å². The van der Waals surface area contributed by atoms with E-state index in [1.54, 1.807) is 7.11 Å². The highest BCUT2D eigenvalue weighted by atomic mass is 16.5. The lowest BCUT2D eigenvalue weighted by atomic mass is 9.96. The zero-order chi connectivity index (χ0) is 14.4. The third-order valence-corrected chi connectivity index (χ3v) is 3.87. The predicted molar refractivity (Wildman–Crippen MR) is 80.1 cm³/mol. The molecule has 1 aliphatic rings. The molecule has 1 aliphatic heterocycles. The van der Waals surface area contributed by atoms with Gasteiger partial charge >= 0.3 is 0 Å². The van der Waals surface area contributed by atoms with Crippen molar-refractivity contribution in [2.75, 3.05) is 20.2 Å². The molecule has 0 radical (unpaired) electrons. The van der Waals surface area contributed by atoms with Crippen LogP contribution in [0, 0.1) is 0 Å². The summed E-state index contributed by atoms with van der Waals surface area (Å²) in [5.41, 5.74) is 1.09. The summed E-state index contributed by atoms with van der Waals surface area (Å²) in [6.45, 7) is 4.06. The van der Waals surface area contributed by atoms with Crippen molar-refractivity contribution in [3.05, 3.63) is 29.8 Å². The first-order chi connectivity index (χ1) is 9.70. The van der Waals surface area contributed by atoms with Gasteiger partial charge in [-0.3, -0.25) is 4.79 Å². The minimum atomic E-state index is 0.135. The number of hydrogen-bond donors (Lipinski definition) is 2. The molecule has 0 bridgehead atoms. The summed E-state index contributed by atoms with van der Waals surface area (Å²) in [5.74, 6) is 1.15. The van der Waals surface area contributed by atoms with Crippen molar-refractivity contribution in [1.29, 1.82) is 0 Å². The lowest BCUT2D eigenvalue weighted by molar-refractivity contribution is -0.122. The average molecular weight is 276 g/mol. The van der Waals surface area contributed by atoms with Crippen LogP contribution in [0.3, 0.4) is 0 Å². The van der Waals surface area contributed by atoms with Gasteiger partial charge in [0.25, 0.3) is 0 Å². The van der Waals surface area contributed by atoms with Crippen LogP contribution in [-0.2, 0) is 4.79 Å². The number of carbonyl (C=O) groups excluding carboxylic acids is 1. The summed E-state index contributed by atoms with van der Waals surface area (Å²) in [4.78, 5) is 12.1. The fourth-order valence-corrected chi connectivity index (χ4v) is 2.71. The van der Waals surface area contributed by atoms with Gasteiger partial charge < -0.3 is 15.4 Å².